The molecule has 1 aliphatic carbocycles. The highest BCUT2D eigenvalue weighted by atomic mass is 16.2. The van der Waals surface area contributed by atoms with Crippen molar-refractivity contribution in [3.8, 4) is 0 Å². The van der Waals surface area contributed by atoms with Crippen LogP contribution in [0.4, 0.5) is 4.79 Å². The van der Waals surface area contributed by atoms with Crippen molar-refractivity contribution in [1.29, 1.82) is 0 Å². The van der Waals surface area contributed by atoms with Gasteiger partial charge in [0, 0.05) is 19.5 Å². The van der Waals surface area contributed by atoms with Crippen LogP contribution in [-0.2, 0) is 9.59 Å². The van der Waals surface area contributed by atoms with E-state index < -0.39 is 11.1 Å². The van der Waals surface area contributed by atoms with Crippen LogP contribution in [0.2, 0.25) is 0 Å². The Morgan fingerprint density at radius 3 is 2.52 bits per heavy atom. The molecule has 4 N–H and O–H groups in total. The Hall–Kier alpha value is -1.63. The second kappa shape index (κ2) is 6.47. The first kappa shape index (κ1) is 17.7. The molecule has 1 aliphatic heterocycles. The Balaban J connectivity index is 1.92. The van der Waals surface area contributed by atoms with E-state index in [1.807, 2.05) is 20.8 Å². The van der Waals surface area contributed by atoms with Gasteiger partial charge in [0.2, 0.25) is 5.91 Å². The van der Waals surface area contributed by atoms with E-state index in [0.29, 0.717) is 19.4 Å². The maximum absolute atomic E-state index is 12.5. The van der Waals surface area contributed by atoms with E-state index in [1.54, 1.807) is 0 Å². The molecule has 130 valence electrons. The molecular weight excluding hydrogens is 296 g/mol. The Labute approximate surface area is 137 Å². The maximum atomic E-state index is 12.5. The number of carbonyl (C=O) groups excluding carboxylic acids is 3. The highest BCUT2D eigenvalue weighted by molar-refractivity contribution is 6.07. The van der Waals surface area contributed by atoms with Gasteiger partial charge in [0.15, 0.2) is 0 Å². The van der Waals surface area contributed by atoms with Crippen molar-refractivity contribution in [2.24, 2.45) is 11.7 Å². The lowest BCUT2D eigenvalue weighted by Crippen LogP contribution is -2.55. The van der Waals surface area contributed by atoms with Crippen LogP contribution in [0.1, 0.15) is 52.9 Å². The first-order chi connectivity index (χ1) is 10.7. The van der Waals surface area contributed by atoms with Gasteiger partial charge >= 0.3 is 6.03 Å². The van der Waals surface area contributed by atoms with Crippen molar-refractivity contribution in [3.63, 3.8) is 0 Å². The summed E-state index contributed by atoms with van der Waals surface area (Å²) in [5, 5.41) is 5.74. The zero-order valence-electron chi connectivity index (χ0n) is 14.3. The quantitative estimate of drug-likeness (QED) is 0.626. The molecule has 7 heteroatoms. The molecule has 2 rings (SSSR count). The van der Waals surface area contributed by atoms with Crippen LogP contribution in [0.5, 0.6) is 0 Å². The predicted molar refractivity (Wildman–Crippen MR) is 86.5 cm³/mol. The van der Waals surface area contributed by atoms with Gasteiger partial charge < -0.3 is 16.4 Å². The summed E-state index contributed by atoms with van der Waals surface area (Å²) >= 11 is 0. The van der Waals surface area contributed by atoms with Gasteiger partial charge in [0.05, 0.1) is 5.54 Å². The average molecular weight is 324 g/mol. The van der Waals surface area contributed by atoms with Gasteiger partial charge in [-0.3, -0.25) is 14.5 Å². The Bertz CT molecular complexity index is 500. The second-order valence-corrected chi connectivity index (χ2v) is 7.25. The van der Waals surface area contributed by atoms with Crippen LogP contribution in [0.25, 0.3) is 0 Å². The number of nitrogens with one attached hydrogen (secondary N) is 2. The number of carbonyl (C=O) groups is 3. The number of amides is 4. The summed E-state index contributed by atoms with van der Waals surface area (Å²) in [5.74, 6) is -0.187. The average Bonchev–Trinajstić information content (AvgIpc) is 3.04. The smallest absolute Gasteiger partial charge is 0.325 e. The highest BCUT2D eigenvalue weighted by Crippen LogP contribution is 2.35. The minimum absolute atomic E-state index is 0.0948. The topological polar surface area (TPSA) is 105 Å². The number of imide groups is 1. The van der Waals surface area contributed by atoms with Crippen LogP contribution in [0.15, 0.2) is 0 Å². The predicted octanol–water partition coefficient (Wildman–Crippen LogP) is 0.731. The van der Waals surface area contributed by atoms with E-state index in [9.17, 15) is 14.4 Å². The number of urea groups is 1. The lowest BCUT2D eigenvalue weighted by molar-refractivity contribution is -0.131. The normalized spacial score (nSPS) is 22.6. The molecule has 1 saturated heterocycles. The summed E-state index contributed by atoms with van der Waals surface area (Å²) in [6, 6.07) is -0.379. The Kier molecular flexibility index (Phi) is 4.98. The van der Waals surface area contributed by atoms with Crippen LogP contribution in [-0.4, -0.2) is 46.9 Å². The largest absolute Gasteiger partial charge is 0.349 e. The van der Waals surface area contributed by atoms with Crippen molar-refractivity contribution < 1.29 is 14.4 Å². The molecule has 0 bridgehead atoms. The molecular formula is C16H28N4O3. The Morgan fingerprint density at radius 1 is 1.39 bits per heavy atom. The second-order valence-electron chi connectivity index (χ2n) is 7.25. The minimum Gasteiger partial charge on any atom is -0.349 e. The van der Waals surface area contributed by atoms with Crippen molar-refractivity contribution >= 4 is 17.8 Å². The molecule has 4 amide bonds. The zero-order chi connectivity index (χ0) is 17.3. The fourth-order valence-electron chi connectivity index (χ4n) is 3.22. The molecule has 1 spiro atoms. The fraction of sp³-hybridized carbons (Fsp3) is 0.812. The number of hydrogen-bond donors (Lipinski definition) is 3. The molecule has 7 nitrogen and oxygen atoms in total. The summed E-state index contributed by atoms with van der Waals surface area (Å²) < 4.78 is 0. The molecule has 2 aliphatic rings. The molecule has 1 saturated carbocycles. The third-order valence-corrected chi connectivity index (χ3v) is 5.39. The molecule has 23 heavy (non-hydrogen) atoms. The van der Waals surface area contributed by atoms with Gasteiger partial charge in [-0.2, -0.15) is 0 Å². The first-order valence-electron chi connectivity index (χ1n) is 8.39. The summed E-state index contributed by atoms with van der Waals surface area (Å²) in [5.41, 5.74) is 4.56. The first-order valence-corrected chi connectivity index (χ1v) is 8.39. The number of hydrogen-bond acceptors (Lipinski definition) is 4. The monoisotopic (exact) mass is 324 g/mol. The van der Waals surface area contributed by atoms with E-state index in [4.69, 9.17) is 5.73 Å². The summed E-state index contributed by atoms with van der Waals surface area (Å²) in [4.78, 5) is 37.9. The third-order valence-electron chi connectivity index (χ3n) is 5.39. The molecule has 0 aromatic carbocycles. The van der Waals surface area contributed by atoms with Gasteiger partial charge in [-0.15, -0.1) is 0 Å². The van der Waals surface area contributed by atoms with E-state index in [-0.39, 0.29) is 36.7 Å². The van der Waals surface area contributed by atoms with Gasteiger partial charge in [-0.1, -0.05) is 26.7 Å². The van der Waals surface area contributed by atoms with Gasteiger partial charge in [-0.05, 0) is 25.7 Å². The van der Waals surface area contributed by atoms with Crippen LogP contribution >= 0.6 is 0 Å². The number of rotatable bonds is 6. The summed E-state index contributed by atoms with van der Waals surface area (Å²) in [7, 11) is 0. The summed E-state index contributed by atoms with van der Waals surface area (Å²) in [6.45, 7) is 6.33. The molecule has 1 heterocycles. The minimum atomic E-state index is -0.711. The SMILES string of the molecule is CC(C)C(C)(CN)NC(=O)CCN1C(=O)NC2(CCCC2)C1=O. The Morgan fingerprint density at radius 2 is 2.00 bits per heavy atom. The summed E-state index contributed by atoms with van der Waals surface area (Å²) in [6.07, 6.45) is 3.38. The van der Waals surface area contributed by atoms with Crippen LogP contribution in [0, 0.1) is 5.92 Å². The van der Waals surface area contributed by atoms with Gasteiger partial charge in [0.25, 0.3) is 5.91 Å². The van der Waals surface area contributed by atoms with E-state index in [2.05, 4.69) is 10.6 Å². The van der Waals surface area contributed by atoms with E-state index in [0.717, 1.165) is 12.8 Å². The zero-order valence-corrected chi connectivity index (χ0v) is 14.3. The van der Waals surface area contributed by atoms with Gasteiger partial charge in [0.1, 0.15) is 5.54 Å². The number of nitrogens with two attached hydrogens (primary N) is 1. The molecule has 0 aromatic rings. The van der Waals surface area contributed by atoms with Gasteiger partial charge in [-0.25, -0.2) is 4.79 Å². The van der Waals surface area contributed by atoms with Crippen molar-refractivity contribution in [3.05, 3.63) is 0 Å². The maximum Gasteiger partial charge on any atom is 0.325 e. The molecule has 0 aromatic heterocycles. The molecule has 1 atom stereocenters. The molecule has 1 unspecified atom stereocenters. The van der Waals surface area contributed by atoms with Crippen molar-refractivity contribution in [2.45, 2.75) is 64.0 Å². The van der Waals surface area contributed by atoms with Crippen LogP contribution in [0.3, 0.4) is 0 Å². The van der Waals surface area contributed by atoms with Crippen molar-refractivity contribution in [1.82, 2.24) is 15.5 Å². The highest BCUT2D eigenvalue weighted by Gasteiger charge is 2.52. The fourth-order valence-corrected chi connectivity index (χ4v) is 3.22. The van der Waals surface area contributed by atoms with Crippen molar-refractivity contribution in [2.75, 3.05) is 13.1 Å². The number of nitrogens with zero attached hydrogens (tertiary/aromatic N) is 1. The van der Waals surface area contributed by atoms with Crippen LogP contribution < -0.4 is 16.4 Å². The lowest BCUT2D eigenvalue weighted by Gasteiger charge is -2.33. The third kappa shape index (κ3) is 3.34. The standard InChI is InChI=1S/C16H28N4O3/c1-11(2)15(3,10-17)18-12(21)6-9-20-13(22)16(19-14(20)23)7-4-5-8-16/h11H,4-10,17H2,1-3H3,(H,18,21)(H,19,23). The lowest BCUT2D eigenvalue weighted by atomic mass is 9.88. The molecule has 2 fully saturated rings. The van der Waals surface area contributed by atoms with E-state index in [1.165, 1.54) is 4.90 Å². The van der Waals surface area contributed by atoms with E-state index >= 15 is 0 Å². The molecule has 0 radical (unpaired) electrons.